The molecule has 0 aliphatic heterocycles. The van der Waals surface area contributed by atoms with Gasteiger partial charge in [0.05, 0.1) is 23.3 Å². The van der Waals surface area contributed by atoms with Crippen LogP contribution in [0.2, 0.25) is 5.02 Å². The smallest absolute Gasteiger partial charge is 0.177 e. The molecule has 8 heteroatoms. The van der Waals surface area contributed by atoms with Crippen LogP contribution in [0.4, 0.5) is 13.2 Å². The zero-order chi connectivity index (χ0) is 23.7. The highest BCUT2D eigenvalue weighted by Gasteiger charge is 2.36. The van der Waals surface area contributed by atoms with Crippen LogP contribution in [0.15, 0.2) is 73.1 Å². The van der Waals surface area contributed by atoms with Crippen molar-refractivity contribution in [2.45, 2.75) is 6.10 Å². The Morgan fingerprint density at radius 1 is 0.939 bits per heavy atom. The lowest BCUT2D eigenvalue weighted by atomic mass is 9.81. The van der Waals surface area contributed by atoms with Crippen molar-refractivity contribution in [1.82, 2.24) is 4.98 Å². The normalized spacial score (nSPS) is 13.0. The number of nitrogens with zero attached hydrogens (tertiary/aromatic N) is 1. The number of aromatic nitrogens is 1. The molecule has 4 rings (SSSR count). The monoisotopic (exact) mass is 468 g/mol. The molecule has 2 atom stereocenters. The van der Waals surface area contributed by atoms with Crippen molar-refractivity contribution in [2.24, 2.45) is 5.92 Å². The molecule has 1 heterocycles. The molecular weight excluding hydrogens is 453 g/mol. The second-order valence-electron chi connectivity index (χ2n) is 7.40. The number of Topliss-reactive ketones (excluding diaryl/α,β-unsaturated/α-hetero) is 1. The van der Waals surface area contributed by atoms with Gasteiger partial charge < -0.3 is 10.5 Å². The molecule has 0 fully saturated rings. The quantitative estimate of drug-likeness (QED) is 0.273. The molecule has 4 aromatic rings. The number of carbonyl (C=O) groups is 1. The van der Waals surface area contributed by atoms with Crippen LogP contribution in [0.5, 0.6) is 0 Å². The summed E-state index contributed by atoms with van der Waals surface area (Å²) in [7, 11) is 0. The van der Waals surface area contributed by atoms with Gasteiger partial charge in [-0.05, 0) is 35.7 Å². The van der Waals surface area contributed by atoms with Crippen molar-refractivity contribution in [1.29, 1.82) is 5.41 Å². The fourth-order valence-electron chi connectivity index (χ4n) is 3.72. The Hall–Kier alpha value is -3.55. The third-order valence-electron chi connectivity index (χ3n) is 5.34. The molecule has 2 unspecified atom stereocenters. The van der Waals surface area contributed by atoms with E-state index in [1.54, 1.807) is 30.5 Å². The Kier molecular flexibility index (Phi) is 6.26. The van der Waals surface area contributed by atoms with Crippen LogP contribution in [-0.4, -0.2) is 21.6 Å². The molecule has 33 heavy (non-hydrogen) atoms. The maximum atomic E-state index is 14.6. The molecule has 0 amide bonds. The Balaban J connectivity index is 1.88. The number of hydrogen-bond acceptors (Lipinski definition) is 4. The van der Waals surface area contributed by atoms with E-state index in [0.717, 1.165) is 18.2 Å². The molecule has 4 nitrogen and oxygen atoms in total. The summed E-state index contributed by atoms with van der Waals surface area (Å²) in [6.45, 7) is 0. The Bertz CT molecular complexity index is 1320. The topological polar surface area (TPSA) is 74.0 Å². The molecule has 1 aromatic heterocycles. The number of fused-ring (bicyclic) bond motifs is 1. The average Bonchev–Trinajstić information content (AvgIpc) is 2.78. The van der Waals surface area contributed by atoms with Crippen molar-refractivity contribution in [3.63, 3.8) is 0 Å². The maximum Gasteiger partial charge on any atom is 0.177 e. The van der Waals surface area contributed by atoms with E-state index < -0.39 is 46.5 Å². The van der Waals surface area contributed by atoms with E-state index in [9.17, 15) is 23.1 Å². The van der Waals surface area contributed by atoms with E-state index in [1.807, 2.05) is 0 Å². The first-order valence-electron chi connectivity index (χ1n) is 9.81. The van der Waals surface area contributed by atoms with E-state index in [0.29, 0.717) is 16.8 Å². The van der Waals surface area contributed by atoms with Gasteiger partial charge in [0.2, 0.25) is 0 Å². The number of aliphatic hydroxyl groups excluding tert-OH is 1. The van der Waals surface area contributed by atoms with E-state index in [1.165, 1.54) is 18.3 Å². The molecule has 0 saturated carbocycles. The van der Waals surface area contributed by atoms with Crippen molar-refractivity contribution in [2.75, 3.05) is 0 Å². The lowest BCUT2D eigenvalue weighted by Gasteiger charge is -2.24. The number of hydrogen-bond donors (Lipinski definition) is 2. The van der Waals surface area contributed by atoms with Crippen molar-refractivity contribution < 1.29 is 23.1 Å². The highest BCUT2D eigenvalue weighted by atomic mass is 35.5. The second kappa shape index (κ2) is 9.13. The van der Waals surface area contributed by atoms with Crippen LogP contribution in [0.3, 0.4) is 0 Å². The fraction of sp³-hybridized carbons (Fsp3) is 0.0800. The second-order valence-corrected chi connectivity index (χ2v) is 7.84. The molecule has 3 aromatic carbocycles. The molecule has 0 saturated heterocycles. The predicted molar refractivity (Wildman–Crippen MR) is 119 cm³/mol. The van der Waals surface area contributed by atoms with Gasteiger partial charge in [-0.1, -0.05) is 35.9 Å². The largest absolute Gasteiger partial charge is 0.387 e. The molecule has 2 N–H and O–H groups in total. The van der Waals surface area contributed by atoms with Crippen molar-refractivity contribution in [3.05, 3.63) is 112 Å². The lowest BCUT2D eigenvalue weighted by molar-refractivity contribution is 0.0792. The summed E-state index contributed by atoms with van der Waals surface area (Å²) in [5, 5.41) is 21.2. The molecule has 0 aliphatic rings. The van der Waals surface area contributed by atoms with Gasteiger partial charge in [0, 0.05) is 40.0 Å². The number of rotatable bonds is 6. The number of aliphatic hydroxyl groups is 1. The van der Waals surface area contributed by atoms with Gasteiger partial charge in [0.25, 0.3) is 0 Å². The van der Waals surface area contributed by atoms with Crippen LogP contribution in [0.1, 0.15) is 27.6 Å². The highest BCUT2D eigenvalue weighted by Crippen LogP contribution is 2.34. The van der Waals surface area contributed by atoms with Gasteiger partial charge in [-0.25, -0.2) is 13.2 Å². The first kappa shape index (κ1) is 22.6. The molecule has 0 radical (unpaired) electrons. The summed E-state index contributed by atoms with van der Waals surface area (Å²) in [6.07, 6.45) is 1.22. The number of ketones is 1. The lowest BCUT2D eigenvalue weighted by Crippen LogP contribution is -2.32. The van der Waals surface area contributed by atoms with Gasteiger partial charge in [-0.2, -0.15) is 0 Å². The first-order valence-corrected chi connectivity index (χ1v) is 10.2. The summed E-state index contributed by atoms with van der Waals surface area (Å²) in [4.78, 5) is 17.5. The number of nitrogens with one attached hydrogen (secondary N) is 1. The van der Waals surface area contributed by atoms with Crippen LogP contribution in [0.25, 0.3) is 10.8 Å². The molecule has 0 aliphatic carbocycles. The van der Waals surface area contributed by atoms with E-state index in [4.69, 9.17) is 17.0 Å². The number of carbonyl (C=O) groups excluding carboxylic acids is 1. The minimum Gasteiger partial charge on any atom is -0.387 e. The van der Waals surface area contributed by atoms with E-state index in [2.05, 4.69) is 4.98 Å². The van der Waals surface area contributed by atoms with Gasteiger partial charge in [0.15, 0.2) is 5.78 Å². The summed E-state index contributed by atoms with van der Waals surface area (Å²) in [5.74, 6) is -5.65. The summed E-state index contributed by atoms with van der Waals surface area (Å²) >= 11 is 5.80. The van der Waals surface area contributed by atoms with Crippen molar-refractivity contribution >= 4 is 33.9 Å². The standard InChI is InChI=1S/C25H16ClF3N2O2/c26-14-5-7-17(20(28)9-14)23(30)22(24(32)18-8-6-15(27)10-21(18)29)25(33)19-12-31-11-13-3-1-2-4-16(13)19/h1-12,22,25,30,33H. The predicted octanol–water partition coefficient (Wildman–Crippen LogP) is 5.91. The zero-order valence-electron chi connectivity index (χ0n) is 16.9. The molecule has 0 spiro atoms. The van der Waals surface area contributed by atoms with Crippen LogP contribution >= 0.6 is 11.6 Å². The summed E-state index contributed by atoms with van der Waals surface area (Å²) < 4.78 is 42.5. The Labute approximate surface area is 191 Å². The Morgan fingerprint density at radius 2 is 1.64 bits per heavy atom. The summed E-state index contributed by atoms with van der Waals surface area (Å²) in [6, 6.07) is 12.8. The number of halogens is 4. The van der Waals surface area contributed by atoms with Gasteiger partial charge in [-0.3, -0.25) is 9.78 Å². The third-order valence-corrected chi connectivity index (χ3v) is 5.58. The summed E-state index contributed by atoms with van der Waals surface area (Å²) in [5.41, 5.74) is -1.20. The van der Waals surface area contributed by atoms with Gasteiger partial charge in [0.1, 0.15) is 17.5 Å². The Morgan fingerprint density at radius 3 is 2.36 bits per heavy atom. The average molecular weight is 469 g/mol. The van der Waals surface area contributed by atoms with Gasteiger partial charge >= 0.3 is 0 Å². The molecular formula is C25H16ClF3N2O2. The third kappa shape index (κ3) is 4.37. The highest BCUT2D eigenvalue weighted by molar-refractivity contribution is 6.30. The van der Waals surface area contributed by atoms with Crippen LogP contribution in [0, 0.1) is 28.8 Å². The van der Waals surface area contributed by atoms with E-state index >= 15 is 0 Å². The van der Waals surface area contributed by atoms with Gasteiger partial charge in [-0.15, -0.1) is 0 Å². The number of pyridine rings is 1. The van der Waals surface area contributed by atoms with Crippen LogP contribution < -0.4 is 0 Å². The molecule has 166 valence electrons. The molecule has 0 bridgehead atoms. The zero-order valence-corrected chi connectivity index (χ0v) is 17.7. The first-order chi connectivity index (χ1) is 15.8. The number of benzene rings is 3. The van der Waals surface area contributed by atoms with Crippen molar-refractivity contribution in [3.8, 4) is 0 Å². The SMILES string of the molecule is N=C(c1ccc(Cl)cc1F)C(C(=O)c1ccc(F)cc1F)C(O)c1cncc2ccccc12. The minimum absolute atomic E-state index is 0.0790. The minimum atomic E-state index is -1.71. The van der Waals surface area contributed by atoms with E-state index in [-0.39, 0.29) is 16.1 Å². The van der Waals surface area contributed by atoms with Crippen LogP contribution in [-0.2, 0) is 0 Å². The maximum absolute atomic E-state index is 14.6. The fourth-order valence-corrected chi connectivity index (χ4v) is 3.88.